The summed E-state index contributed by atoms with van der Waals surface area (Å²) in [4.78, 5) is 15.6. The highest BCUT2D eigenvalue weighted by Crippen LogP contribution is 2.50. The first-order valence-electron chi connectivity index (χ1n) is 20.3. The van der Waals surface area contributed by atoms with Crippen LogP contribution in [0.25, 0.3) is 138 Å². The minimum absolute atomic E-state index is 0.625. The van der Waals surface area contributed by atoms with Gasteiger partial charge in [-0.05, 0) is 103 Å². The molecular weight excluding hydrogens is 733 g/mol. The van der Waals surface area contributed by atoms with Gasteiger partial charge in [-0.3, -0.25) is 0 Å². The van der Waals surface area contributed by atoms with Crippen LogP contribution in [0.15, 0.2) is 186 Å². The van der Waals surface area contributed by atoms with Gasteiger partial charge in [-0.15, -0.1) is 0 Å². The van der Waals surface area contributed by atoms with Crippen molar-refractivity contribution < 1.29 is 4.42 Å². The van der Waals surface area contributed by atoms with E-state index in [1.807, 2.05) is 0 Å². The summed E-state index contributed by atoms with van der Waals surface area (Å²) in [5, 5.41) is 14.4. The summed E-state index contributed by atoms with van der Waals surface area (Å²) < 4.78 is 8.87. The van der Waals surface area contributed by atoms with Crippen molar-refractivity contribution in [2.24, 2.45) is 0 Å². The highest BCUT2D eigenvalue weighted by molar-refractivity contribution is 6.37. The smallest absolute Gasteiger partial charge is 0.164 e. The summed E-state index contributed by atoms with van der Waals surface area (Å²) in [6.07, 6.45) is 0. The number of rotatable bonds is 4. The highest BCUT2D eigenvalue weighted by Gasteiger charge is 2.26. The van der Waals surface area contributed by atoms with Crippen LogP contribution >= 0.6 is 0 Å². The van der Waals surface area contributed by atoms with E-state index < -0.39 is 0 Å². The third-order valence-electron chi connectivity index (χ3n) is 12.7. The van der Waals surface area contributed by atoms with Crippen LogP contribution < -0.4 is 0 Å². The zero-order chi connectivity index (χ0) is 39.1. The molecule has 0 atom stereocenters. The van der Waals surface area contributed by atoms with Crippen LogP contribution in [0.2, 0.25) is 0 Å². The molecule has 0 fully saturated rings. The SMILES string of the molecule is c1ccc2cc(-c3nc(-c4ccc(-n5c6cccc7c6c6c8c(ccc9oc%10cccc-7c%10c98)ccc65)cc4)nc(-c4cccc5c4ccc4ccccc45)n3)ccc2c1. The molecule has 1 aliphatic rings. The van der Waals surface area contributed by atoms with Crippen molar-refractivity contribution in [3.05, 3.63) is 182 Å². The molecule has 5 nitrogen and oxygen atoms in total. The Kier molecular flexibility index (Phi) is 6.23. The number of hydrogen-bond acceptors (Lipinski definition) is 4. The molecular formula is C55H30N4O. The molecule has 0 bridgehead atoms. The van der Waals surface area contributed by atoms with Crippen molar-refractivity contribution in [1.82, 2.24) is 19.5 Å². The summed E-state index contributed by atoms with van der Waals surface area (Å²) in [6.45, 7) is 0. The van der Waals surface area contributed by atoms with Crippen LogP contribution in [0.1, 0.15) is 0 Å². The van der Waals surface area contributed by atoms with Gasteiger partial charge in [0.25, 0.3) is 0 Å². The topological polar surface area (TPSA) is 56.7 Å². The molecule has 0 radical (unpaired) electrons. The summed E-state index contributed by atoms with van der Waals surface area (Å²) in [6, 6.07) is 64.8. The zero-order valence-corrected chi connectivity index (χ0v) is 32.0. The molecule has 14 rings (SSSR count). The van der Waals surface area contributed by atoms with Crippen LogP contribution in [0.3, 0.4) is 0 Å². The number of benzene rings is 10. The molecule has 1 aliphatic carbocycles. The lowest BCUT2D eigenvalue weighted by Gasteiger charge is -2.13. The summed E-state index contributed by atoms with van der Waals surface area (Å²) >= 11 is 0. The highest BCUT2D eigenvalue weighted by atomic mass is 16.3. The molecule has 5 heteroatoms. The first-order chi connectivity index (χ1) is 29.7. The maximum atomic E-state index is 6.47. The van der Waals surface area contributed by atoms with Gasteiger partial charge in [-0.25, -0.2) is 15.0 Å². The first kappa shape index (κ1) is 31.9. The van der Waals surface area contributed by atoms with Gasteiger partial charge in [-0.2, -0.15) is 0 Å². The van der Waals surface area contributed by atoms with Crippen molar-refractivity contribution in [1.29, 1.82) is 0 Å². The third kappa shape index (κ3) is 4.32. The average Bonchev–Trinajstić information content (AvgIpc) is 3.83. The zero-order valence-electron chi connectivity index (χ0n) is 32.0. The molecule has 3 aromatic heterocycles. The van der Waals surface area contributed by atoms with Crippen molar-refractivity contribution in [2.75, 3.05) is 0 Å². The monoisotopic (exact) mass is 762 g/mol. The molecule has 10 aromatic carbocycles. The van der Waals surface area contributed by atoms with Gasteiger partial charge in [0.05, 0.1) is 11.0 Å². The van der Waals surface area contributed by atoms with Gasteiger partial charge in [0.15, 0.2) is 17.5 Å². The van der Waals surface area contributed by atoms with E-state index in [0.29, 0.717) is 17.5 Å². The van der Waals surface area contributed by atoms with Crippen LogP contribution in [0.5, 0.6) is 0 Å². The van der Waals surface area contributed by atoms with Crippen LogP contribution in [-0.2, 0) is 0 Å². The van der Waals surface area contributed by atoms with E-state index in [-0.39, 0.29) is 0 Å². The number of aromatic nitrogens is 4. The minimum atomic E-state index is 0.625. The predicted octanol–water partition coefficient (Wildman–Crippen LogP) is 14.5. The van der Waals surface area contributed by atoms with Crippen molar-refractivity contribution >= 4 is 86.8 Å². The molecule has 276 valence electrons. The lowest BCUT2D eigenvalue weighted by molar-refractivity contribution is 0.669. The Bertz CT molecular complexity index is 4010. The Morgan fingerprint density at radius 3 is 1.87 bits per heavy atom. The standard InChI is InChI=1S/C55H30N4O/c1-2-10-35-30-36(19-18-31(35)8-1)54-56-53(57-55(58-54)43-15-5-12-39-38-11-4-3-9-32(38)22-27-40(39)43)34-20-25-37(26-21-34)59-44-16-6-13-41-42-14-7-17-46-50(42)52-47(60-46)29-24-33-23-28-45(59)51(48(33)52)49(41)44/h1-30H. The molecule has 60 heavy (non-hydrogen) atoms. The second-order valence-corrected chi connectivity index (χ2v) is 15.9. The normalized spacial score (nSPS) is 12.3. The maximum absolute atomic E-state index is 6.47. The first-order valence-corrected chi connectivity index (χ1v) is 20.3. The third-order valence-corrected chi connectivity index (χ3v) is 12.7. The number of nitrogens with zero attached hydrogens (tertiary/aromatic N) is 4. The minimum Gasteiger partial charge on any atom is -0.456 e. The van der Waals surface area contributed by atoms with Crippen LogP contribution in [-0.4, -0.2) is 19.5 Å². The van der Waals surface area contributed by atoms with E-state index in [4.69, 9.17) is 19.4 Å². The molecule has 0 spiro atoms. The van der Waals surface area contributed by atoms with Crippen LogP contribution in [0, 0.1) is 0 Å². The van der Waals surface area contributed by atoms with Crippen molar-refractivity contribution in [3.8, 4) is 51.0 Å². The van der Waals surface area contributed by atoms with E-state index in [1.165, 1.54) is 70.5 Å². The number of furan rings is 1. The summed E-state index contributed by atoms with van der Waals surface area (Å²) in [5.41, 5.74) is 10.5. The Balaban J connectivity index is 0.975. The molecule has 0 amide bonds. The second kappa shape index (κ2) is 11.7. The van der Waals surface area contributed by atoms with E-state index in [0.717, 1.165) is 49.8 Å². The lowest BCUT2D eigenvalue weighted by Crippen LogP contribution is -2.01. The molecule has 0 saturated carbocycles. The number of hydrogen-bond donors (Lipinski definition) is 0. The van der Waals surface area contributed by atoms with Gasteiger partial charge in [-0.1, -0.05) is 127 Å². The fraction of sp³-hybridized carbons (Fsp3) is 0. The molecule has 0 saturated heterocycles. The average molecular weight is 763 g/mol. The van der Waals surface area contributed by atoms with Gasteiger partial charge < -0.3 is 8.98 Å². The van der Waals surface area contributed by atoms with Gasteiger partial charge in [0.2, 0.25) is 0 Å². The summed E-state index contributed by atoms with van der Waals surface area (Å²) in [5.74, 6) is 1.91. The van der Waals surface area contributed by atoms with Crippen LogP contribution in [0.4, 0.5) is 0 Å². The van der Waals surface area contributed by atoms with E-state index in [1.54, 1.807) is 0 Å². The van der Waals surface area contributed by atoms with Gasteiger partial charge in [0, 0.05) is 49.3 Å². The Morgan fingerprint density at radius 2 is 0.967 bits per heavy atom. The van der Waals surface area contributed by atoms with E-state index >= 15 is 0 Å². The van der Waals surface area contributed by atoms with E-state index in [2.05, 4.69) is 187 Å². The molecule has 0 aliphatic heterocycles. The Hall–Kier alpha value is -8.15. The lowest BCUT2D eigenvalue weighted by atomic mass is 9.98. The largest absolute Gasteiger partial charge is 0.456 e. The maximum Gasteiger partial charge on any atom is 0.164 e. The molecule has 0 unspecified atom stereocenters. The van der Waals surface area contributed by atoms with E-state index in [9.17, 15) is 0 Å². The quantitative estimate of drug-likeness (QED) is 0.168. The number of fused-ring (bicyclic) bond motifs is 5. The van der Waals surface area contributed by atoms with Gasteiger partial charge in [0.1, 0.15) is 11.2 Å². The molecule has 13 aromatic rings. The van der Waals surface area contributed by atoms with Gasteiger partial charge >= 0.3 is 0 Å². The molecule has 0 N–H and O–H groups in total. The second-order valence-electron chi connectivity index (χ2n) is 15.9. The molecule has 3 heterocycles. The fourth-order valence-corrected chi connectivity index (χ4v) is 10.1. The Labute approximate surface area is 342 Å². The fourth-order valence-electron chi connectivity index (χ4n) is 10.1. The predicted molar refractivity (Wildman–Crippen MR) is 247 cm³/mol. The Morgan fingerprint density at radius 1 is 0.333 bits per heavy atom. The van der Waals surface area contributed by atoms with Crippen molar-refractivity contribution in [3.63, 3.8) is 0 Å². The van der Waals surface area contributed by atoms with Crippen molar-refractivity contribution in [2.45, 2.75) is 0 Å². The summed E-state index contributed by atoms with van der Waals surface area (Å²) in [7, 11) is 0.